The second kappa shape index (κ2) is 5.35. The lowest BCUT2D eigenvalue weighted by molar-refractivity contribution is 0.0717. The molecule has 2 aromatic rings. The van der Waals surface area contributed by atoms with Crippen LogP contribution in [0.3, 0.4) is 0 Å². The summed E-state index contributed by atoms with van der Waals surface area (Å²) in [6.45, 7) is 4.68. The Hall–Kier alpha value is -2.11. The molecule has 0 aliphatic carbocycles. The molecule has 1 aliphatic heterocycles. The van der Waals surface area contributed by atoms with E-state index in [1.807, 2.05) is 36.6 Å². The van der Waals surface area contributed by atoms with Crippen molar-refractivity contribution < 1.29 is 9.32 Å². The zero-order valence-corrected chi connectivity index (χ0v) is 12.7. The van der Waals surface area contributed by atoms with Crippen LogP contribution in [0.5, 0.6) is 0 Å². The molecule has 6 heteroatoms. The van der Waals surface area contributed by atoms with Crippen molar-refractivity contribution in [3.8, 4) is 0 Å². The summed E-state index contributed by atoms with van der Waals surface area (Å²) in [4.78, 5) is 19.1. The van der Waals surface area contributed by atoms with E-state index in [0.29, 0.717) is 5.69 Å². The van der Waals surface area contributed by atoms with Gasteiger partial charge in [0.15, 0.2) is 5.69 Å². The van der Waals surface area contributed by atoms with E-state index in [1.54, 1.807) is 6.07 Å². The van der Waals surface area contributed by atoms with Gasteiger partial charge in [0.05, 0.1) is 11.7 Å². The van der Waals surface area contributed by atoms with E-state index in [-0.39, 0.29) is 11.9 Å². The lowest BCUT2D eigenvalue weighted by Crippen LogP contribution is -2.32. The fourth-order valence-electron chi connectivity index (χ4n) is 2.95. The lowest BCUT2D eigenvalue weighted by atomic mass is 10.2. The summed E-state index contributed by atoms with van der Waals surface area (Å²) in [5, 5.41) is 3.89. The number of carbonyl (C=O) groups excluding carboxylic acids is 1. The highest BCUT2D eigenvalue weighted by atomic mass is 16.5. The summed E-state index contributed by atoms with van der Waals surface area (Å²) in [7, 11) is 1.97. The lowest BCUT2D eigenvalue weighted by Gasteiger charge is -2.23. The minimum Gasteiger partial charge on any atom is -0.361 e. The Labute approximate surface area is 123 Å². The highest BCUT2D eigenvalue weighted by Gasteiger charge is 2.34. The molecule has 0 bridgehead atoms. The first-order chi connectivity index (χ1) is 10.1. The normalized spacial score (nSPS) is 18.4. The molecule has 1 aliphatic rings. The Morgan fingerprint density at radius 2 is 2.33 bits per heavy atom. The molecule has 1 fully saturated rings. The van der Waals surface area contributed by atoms with Gasteiger partial charge in [-0.1, -0.05) is 12.1 Å². The van der Waals surface area contributed by atoms with Crippen LogP contribution in [-0.2, 0) is 13.5 Å². The third-order valence-corrected chi connectivity index (χ3v) is 3.97. The van der Waals surface area contributed by atoms with Gasteiger partial charge in [-0.2, -0.15) is 0 Å². The molecule has 1 atom stereocenters. The van der Waals surface area contributed by atoms with Crippen LogP contribution in [0.4, 0.5) is 0 Å². The Balaban J connectivity index is 1.86. The van der Waals surface area contributed by atoms with Gasteiger partial charge in [-0.25, -0.2) is 4.98 Å². The molecule has 1 amide bonds. The topological polar surface area (TPSA) is 64.2 Å². The molecule has 3 rings (SSSR count). The molecule has 0 radical (unpaired) electrons. The Morgan fingerprint density at radius 3 is 2.95 bits per heavy atom. The summed E-state index contributed by atoms with van der Waals surface area (Å²) in [5.41, 5.74) is 1.37. The summed E-state index contributed by atoms with van der Waals surface area (Å²) in [5.74, 6) is 1.61. The smallest absolute Gasteiger partial charge is 0.276 e. The predicted molar refractivity (Wildman–Crippen MR) is 76.8 cm³/mol. The minimum absolute atomic E-state index is 0.0259. The number of rotatable bonds is 3. The van der Waals surface area contributed by atoms with Crippen LogP contribution < -0.4 is 0 Å². The molecule has 1 saturated heterocycles. The maximum atomic E-state index is 12.6. The molecule has 112 valence electrons. The van der Waals surface area contributed by atoms with Gasteiger partial charge < -0.3 is 14.0 Å². The molecule has 2 aromatic heterocycles. The molecule has 21 heavy (non-hydrogen) atoms. The maximum absolute atomic E-state index is 12.6. The molecule has 0 unspecified atom stereocenters. The standard InChI is InChI=1S/C15H20N4O2/c1-4-11-8-12(17-21-11)15(20)19-7-5-6-13(19)14-16-10(2)9-18(14)3/h8-9,13H,4-7H2,1-3H3/t13-/m1/s1. The quantitative estimate of drug-likeness (QED) is 0.869. The summed E-state index contributed by atoms with van der Waals surface area (Å²) in [6, 6.07) is 1.76. The van der Waals surface area contributed by atoms with Gasteiger partial charge in [-0.3, -0.25) is 4.79 Å². The monoisotopic (exact) mass is 288 g/mol. The van der Waals surface area contributed by atoms with Crippen LogP contribution >= 0.6 is 0 Å². The largest absolute Gasteiger partial charge is 0.361 e. The third-order valence-electron chi connectivity index (χ3n) is 3.97. The van der Waals surface area contributed by atoms with Crippen molar-refractivity contribution in [1.29, 1.82) is 0 Å². The second-order valence-corrected chi connectivity index (χ2v) is 5.54. The molecule has 0 saturated carbocycles. The number of nitrogens with zero attached hydrogens (tertiary/aromatic N) is 4. The van der Waals surface area contributed by atoms with Crippen LogP contribution in [0.25, 0.3) is 0 Å². The zero-order valence-electron chi connectivity index (χ0n) is 12.7. The minimum atomic E-state index is -0.0680. The average Bonchev–Trinajstić information content (AvgIpc) is 3.16. The van der Waals surface area contributed by atoms with Crippen molar-refractivity contribution in [2.24, 2.45) is 7.05 Å². The maximum Gasteiger partial charge on any atom is 0.276 e. The Bertz CT molecular complexity index is 658. The van der Waals surface area contributed by atoms with Crippen molar-refractivity contribution in [3.05, 3.63) is 35.2 Å². The number of carbonyl (C=O) groups is 1. The Morgan fingerprint density at radius 1 is 1.52 bits per heavy atom. The predicted octanol–water partition coefficient (Wildman–Crippen LogP) is 2.26. The molecular weight excluding hydrogens is 268 g/mol. The highest BCUT2D eigenvalue weighted by Crippen LogP contribution is 2.32. The summed E-state index contributed by atoms with van der Waals surface area (Å²) < 4.78 is 7.15. The van der Waals surface area contributed by atoms with E-state index in [0.717, 1.165) is 43.1 Å². The van der Waals surface area contributed by atoms with E-state index in [9.17, 15) is 4.79 Å². The molecule has 3 heterocycles. The number of hydrogen-bond acceptors (Lipinski definition) is 4. The van der Waals surface area contributed by atoms with Crippen LogP contribution in [0.15, 0.2) is 16.8 Å². The molecule has 6 nitrogen and oxygen atoms in total. The van der Waals surface area contributed by atoms with Crippen LogP contribution in [0, 0.1) is 6.92 Å². The molecule has 0 aromatic carbocycles. The number of likely N-dealkylation sites (tertiary alicyclic amines) is 1. The van der Waals surface area contributed by atoms with Crippen molar-refractivity contribution in [3.63, 3.8) is 0 Å². The number of imidazole rings is 1. The number of hydrogen-bond donors (Lipinski definition) is 0. The highest BCUT2D eigenvalue weighted by molar-refractivity contribution is 5.92. The number of aromatic nitrogens is 3. The van der Waals surface area contributed by atoms with Gasteiger partial charge in [0.1, 0.15) is 11.6 Å². The van der Waals surface area contributed by atoms with Gasteiger partial charge in [-0.05, 0) is 19.8 Å². The zero-order chi connectivity index (χ0) is 15.0. The SMILES string of the molecule is CCc1cc(C(=O)N2CCC[C@@H]2c2nc(C)cn2C)no1. The van der Waals surface area contributed by atoms with Crippen molar-refractivity contribution >= 4 is 5.91 Å². The van der Waals surface area contributed by atoms with E-state index in [4.69, 9.17) is 4.52 Å². The van der Waals surface area contributed by atoms with Gasteiger partial charge >= 0.3 is 0 Å². The number of aryl methyl sites for hydroxylation is 3. The van der Waals surface area contributed by atoms with Crippen LogP contribution in [-0.4, -0.2) is 32.1 Å². The molecular formula is C15H20N4O2. The van der Waals surface area contributed by atoms with Crippen molar-refractivity contribution in [2.75, 3.05) is 6.54 Å². The fourth-order valence-corrected chi connectivity index (χ4v) is 2.95. The summed E-state index contributed by atoms with van der Waals surface area (Å²) >= 11 is 0. The van der Waals surface area contributed by atoms with Crippen molar-refractivity contribution in [1.82, 2.24) is 19.6 Å². The average molecular weight is 288 g/mol. The Kier molecular flexibility index (Phi) is 3.53. The number of amides is 1. The van der Waals surface area contributed by atoms with Crippen LogP contribution in [0.1, 0.15) is 53.6 Å². The van der Waals surface area contributed by atoms with Gasteiger partial charge in [-0.15, -0.1) is 0 Å². The van der Waals surface area contributed by atoms with Gasteiger partial charge in [0, 0.05) is 32.3 Å². The van der Waals surface area contributed by atoms with Gasteiger partial charge in [0.25, 0.3) is 5.91 Å². The van der Waals surface area contributed by atoms with E-state index in [2.05, 4.69) is 10.1 Å². The molecule has 0 spiro atoms. The first kappa shape index (κ1) is 13.9. The van der Waals surface area contributed by atoms with Gasteiger partial charge in [0.2, 0.25) is 0 Å². The van der Waals surface area contributed by atoms with E-state index >= 15 is 0 Å². The summed E-state index contributed by atoms with van der Waals surface area (Å²) in [6.07, 6.45) is 4.65. The van der Waals surface area contributed by atoms with Crippen LogP contribution in [0.2, 0.25) is 0 Å². The van der Waals surface area contributed by atoms with Crippen molar-refractivity contribution in [2.45, 2.75) is 39.2 Å². The van der Waals surface area contributed by atoms with E-state index in [1.165, 1.54) is 0 Å². The first-order valence-corrected chi connectivity index (χ1v) is 7.36. The molecule has 0 N–H and O–H groups in total. The fraction of sp³-hybridized carbons (Fsp3) is 0.533. The third kappa shape index (κ3) is 2.46. The second-order valence-electron chi connectivity index (χ2n) is 5.54. The van der Waals surface area contributed by atoms with E-state index < -0.39 is 0 Å². The first-order valence-electron chi connectivity index (χ1n) is 7.36.